The summed E-state index contributed by atoms with van der Waals surface area (Å²) in [6.45, 7) is 0.925. The molecule has 1 unspecified atom stereocenters. The van der Waals surface area contributed by atoms with E-state index in [9.17, 15) is 18.0 Å². The summed E-state index contributed by atoms with van der Waals surface area (Å²) in [4.78, 5) is 27.1. The lowest BCUT2D eigenvalue weighted by Crippen LogP contribution is -2.50. The average Bonchev–Trinajstić information content (AvgIpc) is 2.79. The van der Waals surface area contributed by atoms with Crippen molar-refractivity contribution >= 4 is 50.7 Å². The van der Waals surface area contributed by atoms with Crippen molar-refractivity contribution < 1.29 is 27.5 Å². The van der Waals surface area contributed by atoms with Gasteiger partial charge >= 0.3 is 0 Å². The topological polar surface area (TPSA) is 105 Å². The number of hydrogen-bond donors (Lipinski definition) is 1. The van der Waals surface area contributed by atoms with Gasteiger partial charge in [0.05, 0.1) is 26.2 Å². The van der Waals surface area contributed by atoms with E-state index in [2.05, 4.69) is 5.32 Å². The Labute approximate surface area is 209 Å². The van der Waals surface area contributed by atoms with Crippen molar-refractivity contribution in [3.8, 4) is 11.5 Å². The zero-order valence-electron chi connectivity index (χ0n) is 19.5. The van der Waals surface area contributed by atoms with E-state index >= 15 is 0 Å². The summed E-state index contributed by atoms with van der Waals surface area (Å²) in [7, 11) is 0.373. The fourth-order valence-corrected chi connectivity index (χ4v) is 4.53. The van der Waals surface area contributed by atoms with Gasteiger partial charge in [0.2, 0.25) is 21.8 Å². The van der Waals surface area contributed by atoms with Crippen molar-refractivity contribution in [2.75, 3.05) is 38.4 Å². The number of rotatable bonds is 10. The SMILES string of the molecule is CNC(=O)C(C)N(Cc1ccc(Cl)cc1Cl)C(=O)CN(c1ccc(OC)cc1OC)S(C)(=O)=O. The minimum Gasteiger partial charge on any atom is -0.497 e. The molecule has 0 aromatic heterocycles. The van der Waals surface area contributed by atoms with Gasteiger partial charge in [-0.05, 0) is 36.8 Å². The molecule has 0 aliphatic heterocycles. The van der Waals surface area contributed by atoms with E-state index in [0.29, 0.717) is 21.4 Å². The predicted octanol–water partition coefficient (Wildman–Crippen LogP) is 2.94. The van der Waals surface area contributed by atoms with Gasteiger partial charge in [0.1, 0.15) is 24.1 Å². The maximum Gasteiger partial charge on any atom is 0.244 e. The van der Waals surface area contributed by atoms with E-state index in [4.69, 9.17) is 32.7 Å². The highest BCUT2D eigenvalue weighted by molar-refractivity contribution is 7.92. The lowest BCUT2D eigenvalue weighted by Gasteiger charge is -2.31. The summed E-state index contributed by atoms with van der Waals surface area (Å²) in [5.74, 6) is -0.395. The summed E-state index contributed by atoms with van der Waals surface area (Å²) < 4.78 is 36.8. The van der Waals surface area contributed by atoms with Gasteiger partial charge in [-0.1, -0.05) is 29.3 Å². The second kappa shape index (κ2) is 11.6. The molecule has 34 heavy (non-hydrogen) atoms. The number of benzene rings is 2. The number of methoxy groups -OCH3 is 2. The molecular weight excluding hydrogens is 505 g/mol. The molecule has 2 rings (SSSR count). The maximum absolute atomic E-state index is 13.4. The third kappa shape index (κ3) is 6.68. The van der Waals surface area contributed by atoms with E-state index in [1.807, 2.05) is 0 Å². The normalized spacial score (nSPS) is 12.0. The molecule has 0 fully saturated rings. The van der Waals surface area contributed by atoms with E-state index in [0.717, 1.165) is 10.6 Å². The van der Waals surface area contributed by atoms with Crippen LogP contribution in [0.2, 0.25) is 10.0 Å². The van der Waals surface area contributed by atoms with Crippen molar-refractivity contribution in [3.63, 3.8) is 0 Å². The minimum absolute atomic E-state index is 0.0409. The molecule has 2 aromatic rings. The van der Waals surface area contributed by atoms with Crippen LogP contribution < -0.4 is 19.1 Å². The van der Waals surface area contributed by atoms with Gasteiger partial charge in [-0.15, -0.1) is 0 Å². The van der Waals surface area contributed by atoms with Crippen LogP contribution in [0, 0.1) is 0 Å². The lowest BCUT2D eigenvalue weighted by atomic mass is 10.1. The van der Waals surface area contributed by atoms with Crippen LogP contribution in [0.3, 0.4) is 0 Å². The summed E-state index contributed by atoms with van der Waals surface area (Å²) in [5.41, 5.74) is 0.694. The first-order valence-corrected chi connectivity index (χ1v) is 12.7. The van der Waals surface area contributed by atoms with Crippen LogP contribution in [0.15, 0.2) is 36.4 Å². The van der Waals surface area contributed by atoms with Crippen LogP contribution in [0.25, 0.3) is 0 Å². The molecule has 0 heterocycles. The molecule has 2 aromatic carbocycles. The Bertz CT molecular complexity index is 1160. The standard InChI is InChI=1S/C22H27Cl2N3O6S/c1-14(22(29)25-2)26(12-15-6-7-16(23)10-18(15)24)21(28)13-27(34(5,30)31)19-9-8-17(32-3)11-20(19)33-4/h6-11,14H,12-13H2,1-5H3,(H,25,29). The van der Waals surface area contributed by atoms with Gasteiger partial charge in [0.15, 0.2) is 0 Å². The summed E-state index contributed by atoms with van der Waals surface area (Å²) in [6.07, 6.45) is 0.979. The largest absolute Gasteiger partial charge is 0.497 e. The van der Waals surface area contributed by atoms with Crippen LogP contribution in [-0.4, -0.2) is 65.2 Å². The molecule has 0 aliphatic rings. The molecule has 9 nitrogen and oxygen atoms in total. The molecule has 0 bridgehead atoms. The van der Waals surface area contributed by atoms with Gasteiger partial charge in [0.25, 0.3) is 0 Å². The Morgan fingerprint density at radius 1 is 1.09 bits per heavy atom. The average molecular weight is 532 g/mol. The maximum atomic E-state index is 13.4. The van der Waals surface area contributed by atoms with Gasteiger partial charge < -0.3 is 19.7 Å². The van der Waals surface area contributed by atoms with Gasteiger partial charge in [-0.3, -0.25) is 13.9 Å². The number of carbonyl (C=O) groups excluding carboxylic acids is 2. The first kappa shape index (κ1) is 27.6. The molecule has 1 N–H and O–H groups in total. The quantitative estimate of drug-likeness (QED) is 0.505. The highest BCUT2D eigenvalue weighted by Crippen LogP contribution is 2.34. The molecule has 0 saturated heterocycles. The molecule has 1 atom stereocenters. The molecule has 12 heteroatoms. The number of halogens is 2. The van der Waals surface area contributed by atoms with E-state index in [1.54, 1.807) is 25.1 Å². The van der Waals surface area contributed by atoms with Crippen molar-refractivity contribution in [2.24, 2.45) is 0 Å². The number of nitrogens with zero attached hydrogens (tertiary/aromatic N) is 2. The van der Waals surface area contributed by atoms with Crippen LogP contribution >= 0.6 is 23.2 Å². The van der Waals surface area contributed by atoms with E-state index < -0.39 is 34.4 Å². The van der Waals surface area contributed by atoms with Gasteiger partial charge in [-0.2, -0.15) is 0 Å². The van der Waals surface area contributed by atoms with Crippen LogP contribution in [-0.2, 0) is 26.2 Å². The smallest absolute Gasteiger partial charge is 0.244 e. The minimum atomic E-state index is -3.92. The first-order chi connectivity index (χ1) is 15.9. The van der Waals surface area contributed by atoms with Crippen molar-refractivity contribution in [1.82, 2.24) is 10.2 Å². The molecule has 0 spiro atoms. The zero-order chi connectivity index (χ0) is 25.6. The summed E-state index contributed by atoms with van der Waals surface area (Å²) >= 11 is 12.2. The number of amides is 2. The second-order valence-electron chi connectivity index (χ2n) is 7.36. The Kier molecular flexibility index (Phi) is 9.43. The van der Waals surface area contributed by atoms with Crippen LogP contribution in [0.5, 0.6) is 11.5 Å². The number of sulfonamides is 1. The number of likely N-dealkylation sites (N-methyl/N-ethyl adjacent to an activating group) is 1. The molecule has 0 aliphatic carbocycles. The highest BCUT2D eigenvalue weighted by Gasteiger charge is 2.31. The van der Waals surface area contributed by atoms with Gasteiger partial charge in [-0.25, -0.2) is 8.42 Å². The first-order valence-electron chi connectivity index (χ1n) is 10.1. The fraction of sp³-hybridized carbons (Fsp3) is 0.364. The Balaban J connectivity index is 2.48. The summed E-state index contributed by atoms with van der Waals surface area (Å²) in [5, 5.41) is 3.23. The second-order valence-corrected chi connectivity index (χ2v) is 10.1. The van der Waals surface area contributed by atoms with Gasteiger partial charge in [0, 0.05) is 29.7 Å². The van der Waals surface area contributed by atoms with Crippen molar-refractivity contribution in [3.05, 3.63) is 52.0 Å². The third-order valence-corrected chi connectivity index (χ3v) is 6.82. The predicted molar refractivity (Wildman–Crippen MR) is 132 cm³/mol. The molecular formula is C22H27Cl2N3O6S. The highest BCUT2D eigenvalue weighted by atomic mass is 35.5. The number of hydrogen-bond acceptors (Lipinski definition) is 6. The molecule has 186 valence electrons. The zero-order valence-corrected chi connectivity index (χ0v) is 21.8. The Morgan fingerprint density at radius 3 is 2.29 bits per heavy atom. The Hall–Kier alpha value is -2.69. The monoisotopic (exact) mass is 531 g/mol. The van der Waals surface area contributed by atoms with Crippen LogP contribution in [0.1, 0.15) is 12.5 Å². The van der Waals surface area contributed by atoms with E-state index in [-0.39, 0.29) is 18.0 Å². The molecule has 0 saturated carbocycles. The molecule has 0 radical (unpaired) electrons. The number of carbonyl (C=O) groups is 2. The Morgan fingerprint density at radius 2 is 1.76 bits per heavy atom. The summed E-state index contributed by atoms with van der Waals surface area (Å²) in [6, 6.07) is 8.41. The number of ether oxygens (including phenoxy) is 2. The fourth-order valence-electron chi connectivity index (χ4n) is 3.21. The number of anilines is 1. The molecule has 2 amide bonds. The lowest BCUT2D eigenvalue weighted by molar-refractivity contribution is -0.139. The third-order valence-electron chi connectivity index (χ3n) is 5.10. The van der Waals surface area contributed by atoms with E-state index in [1.165, 1.54) is 44.4 Å². The number of nitrogens with one attached hydrogen (secondary N) is 1. The van der Waals surface area contributed by atoms with Crippen molar-refractivity contribution in [2.45, 2.75) is 19.5 Å². The van der Waals surface area contributed by atoms with Crippen LogP contribution in [0.4, 0.5) is 5.69 Å². The van der Waals surface area contributed by atoms with Crippen molar-refractivity contribution in [1.29, 1.82) is 0 Å².